The third-order valence-electron chi connectivity index (χ3n) is 6.67. The molecular weight excluding hydrogens is 468 g/mol. The highest BCUT2D eigenvalue weighted by Crippen LogP contribution is 2.36. The van der Waals surface area contributed by atoms with Crippen molar-refractivity contribution in [3.8, 4) is 11.5 Å². The summed E-state index contributed by atoms with van der Waals surface area (Å²) in [7, 11) is 0. The minimum atomic E-state index is -0.690. The number of aryl methyl sites for hydroxylation is 1. The summed E-state index contributed by atoms with van der Waals surface area (Å²) in [4.78, 5) is 39.8. The van der Waals surface area contributed by atoms with Crippen LogP contribution in [0.15, 0.2) is 54.6 Å². The van der Waals surface area contributed by atoms with Crippen LogP contribution in [0.25, 0.3) is 6.08 Å². The Bertz CT molecular complexity index is 1230. The number of hydrogen-bond acceptors (Lipinski definition) is 5. The summed E-state index contributed by atoms with van der Waals surface area (Å²) < 4.78 is 12.1. The number of hydrogen-bond donors (Lipinski definition) is 1. The number of ether oxygens (including phenoxy) is 2. The van der Waals surface area contributed by atoms with Crippen molar-refractivity contribution in [3.05, 3.63) is 76.9 Å². The Morgan fingerprint density at radius 1 is 1.08 bits per heavy atom. The Hall–Kier alpha value is -3.87. The lowest BCUT2D eigenvalue weighted by molar-refractivity contribution is -0.132. The zero-order valence-electron chi connectivity index (χ0n) is 21.5. The highest BCUT2D eigenvalue weighted by Gasteiger charge is 2.40. The molecule has 0 aromatic heterocycles. The van der Waals surface area contributed by atoms with Gasteiger partial charge in [-0.3, -0.25) is 19.8 Å². The van der Waals surface area contributed by atoms with Crippen LogP contribution in [0.1, 0.15) is 61.3 Å². The van der Waals surface area contributed by atoms with Gasteiger partial charge >= 0.3 is 6.03 Å². The van der Waals surface area contributed by atoms with Gasteiger partial charge in [0.2, 0.25) is 0 Å². The van der Waals surface area contributed by atoms with Crippen molar-refractivity contribution < 1.29 is 23.9 Å². The first-order chi connectivity index (χ1) is 17.9. The van der Waals surface area contributed by atoms with Crippen LogP contribution in [0.5, 0.6) is 11.5 Å². The Balaban J connectivity index is 1.68. The quantitative estimate of drug-likeness (QED) is 0.278. The molecular formula is C30H34N2O5. The molecule has 1 aliphatic carbocycles. The highest BCUT2D eigenvalue weighted by atomic mass is 16.5. The summed E-state index contributed by atoms with van der Waals surface area (Å²) in [5, 5.41) is 2.35. The maximum Gasteiger partial charge on any atom is 0.331 e. The van der Waals surface area contributed by atoms with Crippen LogP contribution in [-0.2, 0) is 22.6 Å². The number of imide groups is 2. The number of amides is 4. The van der Waals surface area contributed by atoms with Gasteiger partial charge in [0, 0.05) is 11.6 Å². The zero-order chi connectivity index (χ0) is 26.4. The Morgan fingerprint density at radius 2 is 1.86 bits per heavy atom. The zero-order valence-corrected chi connectivity index (χ0v) is 21.5. The van der Waals surface area contributed by atoms with Crippen LogP contribution in [0.4, 0.5) is 4.79 Å². The number of nitrogens with zero attached hydrogens (tertiary/aromatic N) is 1. The highest BCUT2D eigenvalue weighted by molar-refractivity contribution is 6.31. The van der Waals surface area contributed by atoms with Gasteiger partial charge in [0.05, 0.1) is 6.61 Å². The first-order valence-corrected chi connectivity index (χ1v) is 12.9. The summed E-state index contributed by atoms with van der Waals surface area (Å²) in [6, 6.07) is 10.9. The van der Waals surface area contributed by atoms with E-state index in [4.69, 9.17) is 9.47 Å². The van der Waals surface area contributed by atoms with E-state index in [1.54, 1.807) is 12.1 Å². The number of carbonyl (C=O) groups excluding carboxylic acids is 3. The Kier molecular flexibility index (Phi) is 8.43. The average Bonchev–Trinajstić information content (AvgIpc) is 2.87. The lowest BCUT2D eigenvalue weighted by Crippen LogP contribution is -2.58. The summed E-state index contributed by atoms with van der Waals surface area (Å²) in [5.74, 6) is -0.122. The molecule has 194 valence electrons. The van der Waals surface area contributed by atoms with Gasteiger partial charge in [-0.1, -0.05) is 55.2 Å². The van der Waals surface area contributed by atoms with Gasteiger partial charge in [-0.25, -0.2) is 4.79 Å². The molecule has 2 fully saturated rings. The molecule has 1 saturated carbocycles. The average molecular weight is 503 g/mol. The smallest absolute Gasteiger partial charge is 0.331 e. The molecule has 0 bridgehead atoms. The lowest BCUT2D eigenvalue weighted by Gasteiger charge is -2.35. The maximum absolute atomic E-state index is 13.3. The van der Waals surface area contributed by atoms with Crippen LogP contribution >= 0.6 is 0 Å². The number of allylic oxidation sites excluding steroid dienone is 1. The fraction of sp³-hybridized carbons (Fsp3) is 0.367. The molecule has 0 radical (unpaired) electrons. The van der Waals surface area contributed by atoms with Gasteiger partial charge in [-0.05, 0) is 62.4 Å². The normalized spacial score (nSPS) is 17.6. The third kappa shape index (κ3) is 6.10. The third-order valence-corrected chi connectivity index (χ3v) is 6.67. The molecule has 1 saturated heterocycles. The van der Waals surface area contributed by atoms with Gasteiger partial charge in [0.1, 0.15) is 12.2 Å². The van der Waals surface area contributed by atoms with Crippen LogP contribution < -0.4 is 14.8 Å². The standard InChI is InChI=1S/C30H34N2O5/c1-4-10-23-16-22(18-26(36-5-2)27(23)37-19-21-12-9-11-20(3)15-21)17-25-28(33)31-30(35)32(29(25)34)24-13-7-6-8-14-24/h4,9,11-12,15-18,24H,1,5-8,10,13-14,19H2,2-3H3,(H,31,33,35). The van der Waals surface area contributed by atoms with Gasteiger partial charge in [-0.15, -0.1) is 6.58 Å². The number of rotatable bonds is 9. The molecule has 0 unspecified atom stereocenters. The monoisotopic (exact) mass is 502 g/mol. The summed E-state index contributed by atoms with van der Waals surface area (Å²) in [5.41, 5.74) is 3.56. The van der Waals surface area contributed by atoms with Crippen molar-refractivity contribution in [2.75, 3.05) is 6.61 Å². The molecule has 4 rings (SSSR count). The van der Waals surface area contributed by atoms with E-state index in [9.17, 15) is 14.4 Å². The number of benzene rings is 2. The summed E-state index contributed by atoms with van der Waals surface area (Å²) in [6.07, 6.45) is 8.32. The minimum Gasteiger partial charge on any atom is -0.490 e. The van der Waals surface area contributed by atoms with Crippen LogP contribution in [0, 0.1) is 6.92 Å². The van der Waals surface area contributed by atoms with Crippen molar-refractivity contribution in [2.24, 2.45) is 0 Å². The van der Waals surface area contributed by atoms with Crippen LogP contribution in [0.3, 0.4) is 0 Å². The molecule has 1 N–H and O–H groups in total. The van der Waals surface area contributed by atoms with E-state index in [0.717, 1.165) is 48.8 Å². The maximum atomic E-state index is 13.3. The molecule has 2 aromatic carbocycles. The van der Waals surface area contributed by atoms with Crippen molar-refractivity contribution in [2.45, 2.75) is 65.0 Å². The van der Waals surface area contributed by atoms with E-state index in [2.05, 4.69) is 18.0 Å². The number of carbonyl (C=O) groups is 3. The van der Waals surface area contributed by atoms with E-state index >= 15 is 0 Å². The van der Waals surface area contributed by atoms with E-state index in [1.807, 2.05) is 38.1 Å². The largest absolute Gasteiger partial charge is 0.490 e. The molecule has 2 aliphatic rings. The molecule has 1 heterocycles. The molecule has 2 aromatic rings. The molecule has 7 nitrogen and oxygen atoms in total. The molecule has 0 spiro atoms. The molecule has 37 heavy (non-hydrogen) atoms. The first kappa shape index (κ1) is 26.2. The topological polar surface area (TPSA) is 84.9 Å². The second kappa shape index (κ2) is 11.9. The number of nitrogens with one attached hydrogen (secondary N) is 1. The SMILES string of the molecule is C=CCc1cc(C=C2C(=O)NC(=O)N(C3CCCCC3)C2=O)cc(OCC)c1OCc1cccc(C)c1. The fourth-order valence-electron chi connectivity index (χ4n) is 4.97. The van der Waals surface area contributed by atoms with Gasteiger partial charge < -0.3 is 9.47 Å². The molecule has 4 amide bonds. The van der Waals surface area contributed by atoms with Gasteiger partial charge in [0.15, 0.2) is 11.5 Å². The molecule has 7 heteroatoms. The second-order valence-electron chi connectivity index (χ2n) is 9.50. The predicted octanol–water partition coefficient (Wildman–Crippen LogP) is 5.50. The van der Waals surface area contributed by atoms with Crippen molar-refractivity contribution >= 4 is 23.9 Å². The van der Waals surface area contributed by atoms with E-state index < -0.39 is 17.8 Å². The Labute approximate surface area is 218 Å². The first-order valence-electron chi connectivity index (χ1n) is 12.9. The van der Waals surface area contributed by atoms with E-state index in [0.29, 0.717) is 36.7 Å². The Morgan fingerprint density at radius 3 is 2.57 bits per heavy atom. The second-order valence-corrected chi connectivity index (χ2v) is 9.50. The summed E-state index contributed by atoms with van der Waals surface area (Å²) in [6.45, 7) is 8.57. The van der Waals surface area contributed by atoms with Crippen LogP contribution in [0.2, 0.25) is 0 Å². The minimum absolute atomic E-state index is 0.0643. The van der Waals surface area contributed by atoms with Gasteiger partial charge in [-0.2, -0.15) is 0 Å². The summed E-state index contributed by atoms with van der Waals surface area (Å²) >= 11 is 0. The van der Waals surface area contributed by atoms with E-state index in [1.165, 1.54) is 11.0 Å². The van der Waals surface area contributed by atoms with Crippen molar-refractivity contribution in [3.63, 3.8) is 0 Å². The fourth-order valence-corrected chi connectivity index (χ4v) is 4.97. The number of urea groups is 1. The molecule has 1 aliphatic heterocycles. The van der Waals surface area contributed by atoms with E-state index in [-0.39, 0.29) is 11.6 Å². The van der Waals surface area contributed by atoms with Crippen molar-refractivity contribution in [1.29, 1.82) is 0 Å². The lowest BCUT2D eigenvalue weighted by atomic mass is 9.93. The number of barbiturate groups is 1. The van der Waals surface area contributed by atoms with Crippen LogP contribution in [-0.4, -0.2) is 35.4 Å². The molecule has 0 atom stereocenters. The predicted molar refractivity (Wildman–Crippen MR) is 142 cm³/mol. The van der Waals surface area contributed by atoms with Gasteiger partial charge in [0.25, 0.3) is 11.8 Å². The van der Waals surface area contributed by atoms with Crippen molar-refractivity contribution in [1.82, 2.24) is 10.2 Å².